The van der Waals surface area contributed by atoms with E-state index < -0.39 is 0 Å². The minimum Gasteiger partial charge on any atom is -0.372 e. The molecular weight excluding hydrogens is 214 g/mol. The van der Waals surface area contributed by atoms with Crippen molar-refractivity contribution < 1.29 is 4.74 Å². The van der Waals surface area contributed by atoms with Gasteiger partial charge in [0.15, 0.2) is 0 Å². The number of hydrogen-bond donors (Lipinski definition) is 1. The Morgan fingerprint density at radius 3 is 2.35 bits per heavy atom. The van der Waals surface area contributed by atoms with Crippen molar-refractivity contribution in [2.24, 2.45) is 0 Å². The molecule has 0 atom stereocenters. The normalized spacial score (nSPS) is 24.2. The van der Waals surface area contributed by atoms with Crippen molar-refractivity contribution in [2.75, 3.05) is 5.32 Å². The fourth-order valence-corrected chi connectivity index (χ4v) is 1.93. The molecule has 0 radical (unpaired) electrons. The molecule has 1 saturated carbocycles. The number of nitrogens with zero attached hydrogens (tertiary/aromatic N) is 2. The van der Waals surface area contributed by atoms with Crippen molar-refractivity contribution in [1.82, 2.24) is 9.97 Å². The number of ether oxygens (including phenoxy) is 1. The van der Waals surface area contributed by atoms with Crippen LogP contribution in [-0.2, 0) is 4.74 Å². The van der Waals surface area contributed by atoms with Crippen LogP contribution < -0.4 is 5.32 Å². The van der Waals surface area contributed by atoms with Crippen LogP contribution in [0, 0.1) is 6.92 Å². The molecule has 1 aliphatic carbocycles. The highest BCUT2D eigenvalue weighted by Gasteiger charge is 2.33. The molecule has 4 heteroatoms. The Morgan fingerprint density at radius 1 is 1.24 bits per heavy atom. The van der Waals surface area contributed by atoms with Crippen molar-refractivity contribution in [3.63, 3.8) is 0 Å². The molecule has 0 bridgehead atoms. The minimum absolute atomic E-state index is 0.0456. The highest BCUT2D eigenvalue weighted by molar-refractivity contribution is 5.27. The second-order valence-electron chi connectivity index (χ2n) is 5.75. The molecule has 17 heavy (non-hydrogen) atoms. The third kappa shape index (κ3) is 3.66. The molecule has 0 amide bonds. The Hall–Kier alpha value is -1.16. The van der Waals surface area contributed by atoms with E-state index in [2.05, 4.69) is 36.1 Å². The van der Waals surface area contributed by atoms with Gasteiger partial charge in [0.2, 0.25) is 5.95 Å². The topological polar surface area (TPSA) is 47.0 Å². The summed E-state index contributed by atoms with van der Waals surface area (Å²) in [5.74, 6) is 0.717. The standard InChI is InChI=1S/C13H21N3O/c1-9-7-14-12(15-8-9)16-10-5-11(6-10)17-13(2,3)4/h7-8,10-11H,5-6H2,1-4H3,(H,14,15,16). The van der Waals surface area contributed by atoms with Crippen molar-refractivity contribution in [3.05, 3.63) is 18.0 Å². The second kappa shape index (κ2) is 4.61. The Labute approximate surface area is 103 Å². The molecular formula is C13H21N3O. The van der Waals surface area contributed by atoms with Gasteiger partial charge < -0.3 is 10.1 Å². The lowest BCUT2D eigenvalue weighted by atomic mass is 9.88. The molecule has 1 N–H and O–H groups in total. The molecule has 0 aliphatic heterocycles. The summed E-state index contributed by atoms with van der Waals surface area (Å²) < 4.78 is 5.88. The molecule has 0 unspecified atom stereocenters. The summed E-state index contributed by atoms with van der Waals surface area (Å²) in [4.78, 5) is 8.47. The summed E-state index contributed by atoms with van der Waals surface area (Å²) in [5.41, 5.74) is 1.04. The van der Waals surface area contributed by atoms with E-state index in [1.165, 1.54) is 0 Å². The molecule has 1 fully saturated rings. The van der Waals surface area contributed by atoms with E-state index in [4.69, 9.17) is 4.74 Å². The van der Waals surface area contributed by atoms with Gasteiger partial charge in [0.05, 0.1) is 11.7 Å². The van der Waals surface area contributed by atoms with Crippen LogP contribution >= 0.6 is 0 Å². The number of anilines is 1. The quantitative estimate of drug-likeness (QED) is 0.874. The first-order chi connectivity index (χ1) is 7.92. The molecule has 2 rings (SSSR count). The van der Waals surface area contributed by atoms with Crippen LogP contribution in [0.4, 0.5) is 5.95 Å². The Bertz CT molecular complexity index is 363. The van der Waals surface area contributed by atoms with Crippen LogP contribution in [0.5, 0.6) is 0 Å². The summed E-state index contributed by atoms with van der Waals surface area (Å²) in [6.45, 7) is 8.27. The van der Waals surface area contributed by atoms with Gasteiger partial charge in [-0.05, 0) is 46.1 Å². The van der Waals surface area contributed by atoms with Gasteiger partial charge in [0.1, 0.15) is 0 Å². The van der Waals surface area contributed by atoms with E-state index in [0.717, 1.165) is 24.4 Å². The zero-order chi connectivity index (χ0) is 12.5. The van der Waals surface area contributed by atoms with Crippen molar-refractivity contribution in [1.29, 1.82) is 0 Å². The van der Waals surface area contributed by atoms with Crippen LogP contribution in [0.1, 0.15) is 39.2 Å². The molecule has 1 heterocycles. The summed E-state index contributed by atoms with van der Waals surface area (Å²) >= 11 is 0. The van der Waals surface area contributed by atoms with Crippen LogP contribution in [0.15, 0.2) is 12.4 Å². The largest absolute Gasteiger partial charge is 0.372 e. The van der Waals surface area contributed by atoms with E-state index in [0.29, 0.717) is 12.1 Å². The number of aromatic nitrogens is 2. The lowest BCUT2D eigenvalue weighted by Crippen LogP contribution is -2.44. The molecule has 4 nitrogen and oxygen atoms in total. The van der Waals surface area contributed by atoms with E-state index in [-0.39, 0.29) is 5.60 Å². The van der Waals surface area contributed by atoms with Crippen LogP contribution in [-0.4, -0.2) is 27.7 Å². The highest BCUT2D eigenvalue weighted by Crippen LogP contribution is 2.29. The maximum atomic E-state index is 5.88. The van der Waals surface area contributed by atoms with Gasteiger partial charge in [-0.15, -0.1) is 0 Å². The van der Waals surface area contributed by atoms with E-state index in [9.17, 15) is 0 Å². The van der Waals surface area contributed by atoms with Crippen LogP contribution in [0.25, 0.3) is 0 Å². The van der Waals surface area contributed by atoms with Gasteiger partial charge in [-0.25, -0.2) is 9.97 Å². The van der Waals surface area contributed by atoms with Crippen molar-refractivity contribution >= 4 is 5.95 Å². The molecule has 0 aromatic carbocycles. The Kier molecular flexibility index (Phi) is 3.33. The summed E-state index contributed by atoms with van der Waals surface area (Å²) in [6, 6.07) is 0.449. The minimum atomic E-state index is -0.0456. The summed E-state index contributed by atoms with van der Waals surface area (Å²) in [6.07, 6.45) is 6.11. The van der Waals surface area contributed by atoms with Crippen molar-refractivity contribution in [3.8, 4) is 0 Å². The van der Waals surface area contributed by atoms with Gasteiger partial charge >= 0.3 is 0 Å². The predicted molar refractivity (Wildman–Crippen MR) is 68.0 cm³/mol. The van der Waals surface area contributed by atoms with Gasteiger partial charge in [0, 0.05) is 18.4 Å². The van der Waals surface area contributed by atoms with Gasteiger partial charge in [-0.3, -0.25) is 0 Å². The van der Waals surface area contributed by atoms with E-state index in [1.807, 2.05) is 19.3 Å². The van der Waals surface area contributed by atoms with Crippen LogP contribution in [0.3, 0.4) is 0 Å². The molecule has 94 valence electrons. The second-order valence-corrected chi connectivity index (χ2v) is 5.75. The smallest absolute Gasteiger partial charge is 0.222 e. The number of nitrogens with one attached hydrogen (secondary N) is 1. The molecule has 0 saturated heterocycles. The number of aryl methyl sites for hydroxylation is 1. The maximum absolute atomic E-state index is 5.88. The van der Waals surface area contributed by atoms with Gasteiger partial charge in [-0.2, -0.15) is 0 Å². The first-order valence-electron chi connectivity index (χ1n) is 6.15. The average molecular weight is 235 g/mol. The van der Waals surface area contributed by atoms with E-state index >= 15 is 0 Å². The Morgan fingerprint density at radius 2 is 1.82 bits per heavy atom. The monoisotopic (exact) mass is 235 g/mol. The van der Waals surface area contributed by atoms with Crippen LogP contribution in [0.2, 0.25) is 0 Å². The molecule has 1 aliphatic rings. The number of rotatable bonds is 3. The van der Waals surface area contributed by atoms with Crippen molar-refractivity contribution in [2.45, 2.75) is 58.3 Å². The first kappa shape index (κ1) is 12.3. The molecule has 1 aromatic heterocycles. The Balaban J connectivity index is 1.76. The lowest BCUT2D eigenvalue weighted by Gasteiger charge is -2.39. The zero-order valence-electron chi connectivity index (χ0n) is 11.0. The highest BCUT2D eigenvalue weighted by atomic mass is 16.5. The maximum Gasteiger partial charge on any atom is 0.222 e. The zero-order valence-corrected chi connectivity index (χ0v) is 11.0. The van der Waals surface area contributed by atoms with Gasteiger partial charge in [-0.1, -0.05) is 0 Å². The summed E-state index contributed by atoms with van der Waals surface area (Å²) in [7, 11) is 0. The van der Waals surface area contributed by atoms with Gasteiger partial charge in [0.25, 0.3) is 0 Å². The predicted octanol–water partition coefficient (Wildman–Crippen LogP) is 2.54. The van der Waals surface area contributed by atoms with E-state index in [1.54, 1.807) is 0 Å². The fourth-order valence-electron chi connectivity index (χ4n) is 1.93. The summed E-state index contributed by atoms with van der Waals surface area (Å²) in [5, 5.41) is 3.32. The molecule has 1 aromatic rings. The fraction of sp³-hybridized carbons (Fsp3) is 0.692. The average Bonchev–Trinajstić information content (AvgIpc) is 2.16. The molecule has 0 spiro atoms. The third-order valence-corrected chi connectivity index (χ3v) is 2.73. The SMILES string of the molecule is Cc1cnc(NC2CC(OC(C)(C)C)C2)nc1. The lowest BCUT2D eigenvalue weighted by molar-refractivity contribution is -0.0954. The third-order valence-electron chi connectivity index (χ3n) is 2.73. The first-order valence-corrected chi connectivity index (χ1v) is 6.15. The number of hydrogen-bond acceptors (Lipinski definition) is 4.